The largest absolute Gasteiger partial charge is 0.374 e. The van der Waals surface area contributed by atoms with Gasteiger partial charge < -0.3 is 18.9 Å². The van der Waals surface area contributed by atoms with Crippen molar-refractivity contribution in [3.05, 3.63) is 108 Å². The van der Waals surface area contributed by atoms with Gasteiger partial charge in [0, 0.05) is 6.42 Å². The van der Waals surface area contributed by atoms with E-state index in [9.17, 15) is 0 Å². The van der Waals surface area contributed by atoms with Crippen LogP contribution in [0.4, 0.5) is 0 Å². The van der Waals surface area contributed by atoms with Gasteiger partial charge in [-0.2, -0.15) is 0 Å². The molecule has 3 aromatic rings. The second kappa shape index (κ2) is 11.9. The van der Waals surface area contributed by atoms with E-state index < -0.39 is 0 Å². The van der Waals surface area contributed by atoms with Crippen LogP contribution in [0.3, 0.4) is 0 Å². The van der Waals surface area contributed by atoms with E-state index >= 15 is 0 Å². The first-order valence-corrected chi connectivity index (χ1v) is 11.4. The van der Waals surface area contributed by atoms with Crippen molar-refractivity contribution in [3.8, 4) is 0 Å². The van der Waals surface area contributed by atoms with Gasteiger partial charge in [0.2, 0.25) is 0 Å². The Kier molecular flexibility index (Phi) is 8.46. The van der Waals surface area contributed by atoms with Crippen molar-refractivity contribution >= 4 is 0 Å². The normalized spacial score (nSPS) is 23.2. The number of hydrogen-bond acceptors (Lipinski definition) is 4. The third-order valence-corrected chi connectivity index (χ3v) is 5.69. The maximum Gasteiger partial charge on any atom is 0.113 e. The molecule has 0 bridgehead atoms. The summed E-state index contributed by atoms with van der Waals surface area (Å²) in [5, 5.41) is 0. The van der Waals surface area contributed by atoms with Gasteiger partial charge in [0.1, 0.15) is 12.2 Å². The number of benzene rings is 3. The maximum atomic E-state index is 6.40. The third kappa shape index (κ3) is 6.75. The third-order valence-electron chi connectivity index (χ3n) is 5.69. The summed E-state index contributed by atoms with van der Waals surface area (Å²) in [5.41, 5.74) is 3.44. The quantitative estimate of drug-likeness (QED) is 0.421. The fourth-order valence-corrected chi connectivity index (χ4v) is 4.06. The molecule has 0 amide bonds. The Bertz CT molecular complexity index is 900. The maximum absolute atomic E-state index is 6.40. The molecular formula is C28H32O4. The lowest BCUT2D eigenvalue weighted by Gasteiger charge is -2.40. The Labute approximate surface area is 191 Å². The fraction of sp³-hybridized carbons (Fsp3) is 0.357. The molecule has 1 heterocycles. The molecule has 3 aromatic carbocycles. The Morgan fingerprint density at radius 3 is 1.75 bits per heavy atom. The van der Waals surface area contributed by atoms with Crippen LogP contribution in [0.2, 0.25) is 0 Å². The molecule has 0 N–H and O–H groups in total. The van der Waals surface area contributed by atoms with Crippen molar-refractivity contribution in [1.29, 1.82) is 0 Å². The summed E-state index contributed by atoms with van der Waals surface area (Å²) in [7, 11) is 0. The standard InChI is InChI=1S/C28H32O4/c1-22-17-26(30-19-24-13-7-3-8-14-24)28(31-20-25-15-9-4-10-16-25)27(32-22)21-29-18-23-11-5-2-6-12-23/h2-16,22,26-28H,17-21H2,1H3/t22-,26-,27?,28-/m1/s1. The predicted octanol–water partition coefficient (Wildman–Crippen LogP) is 5.55. The summed E-state index contributed by atoms with van der Waals surface area (Å²) < 4.78 is 25.1. The summed E-state index contributed by atoms with van der Waals surface area (Å²) in [6, 6.07) is 30.7. The highest BCUT2D eigenvalue weighted by molar-refractivity contribution is 5.15. The van der Waals surface area contributed by atoms with E-state index in [-0.39, 0.29) is 24.4 Å². The minimum absolute atomic E-state index is 0.0620. The summed E-state index contributed by atoms with van der Waals surface area (Å²) in [6.07, 6.45) is 0.421. The molecule has 168 valence electrons. The van der Waals surface area contributed by atoms with Crippen LogP contribution in [-0.4, -0.2) is 31.0 Å². The van der Waals surface area contributed by atoms with Crippen molar-refractivity contribution in [1.82, 2.24) is 0 Å². The van der Waals surface area contributed by atoms with Crippen LogP contribution in [0, 0.1) is 0 Å². The Morgan fingerprint density at radius 1 is 0.688 bits per heavy atom. The van der Waals surface area contributed by atoms with Gasteiger partial charge in [-0.25, -0.2) is 0 Å². The lowest BCUT2D eigenvalue weighted by Crippen LogP contribution is -2.51. The van der Waals surface area contributed by atoms with Crippen LogP contribution in [-0.2, 0) is 38.8 Å². The molecule has 4 atom stereocenters. The second-order valence-electron chi connectivity index (χ2n) is 8.32. The van der Waals surface area contributed by atoms with Gasteiger partial charge in [-0.15, -0.1) is 0 Å². The molecule has 1 unspecified atom stereocenters. The SMILES string of the molecule is C[C@@H]1C[C@@H](OCc2ccccc2)[C@@H](OCc2ccccc2)C(COCc2ccccc2)O1. The van der Waals surface area contributed by atoms with Gasteiger partial charge >= 0.3 is 0 Å². The highest BCUT2D eigenvalue weighted by Crippen LogP contribution is 2.27. The summed E-state index contributed by atoms with van der Waals surface area (Å²) >= 11 is 0. The zero-order valence-electron chi connectivity index (χ0n) is 18.6. The lowest BCUT2D eigenvalue weighted by molar-refractivity contribution is -0.217. The van der Waals surface area contributed by atoms with Gasteiger partial charge in [-0.3, -0.25) is 0 Å². The lowest BCUT2D eigenvalue weighted by atomic mass is 9.98. The van der Waals surface area contributed by atoms with E-state index in [2.05, 4.69) is 43.3 Å². The van der Waals surface area contributed by atoms with Crippen LogP contribution >= 0.6 is 0 Å². The van der Waals surface area contributed by atoms with Crippen molar-refractivity contribution < 1.29 is 18.9 Å². The summed E-state index contributed by atoms with van der Waals surface area (Å²) in [5.74, 6) is 0. The molecule has 1 aliphatic heterocycles. The zero-order valence-corrected chi connectivity index (χ0v) is 18.6. The number of rotatable bonds is 10. The molecule has 1 saturated heterocycles. The van der Waals surface area contributed by atoms with Gasteiger partial charge in [-0.05, 0) is 23.6 Å². The molecule has 1 fully saturated rings. The minimum Gasteiger partial charge on any atom is -0.374 e. The molecule has 0 aliphatic carbocycles. The zero-order chi connectivity index (χ0) is 22.0. The minimum atomic E-state index is -0.203. The summed E-state index contributed by atoms with van der Waals surface area (Å²) in [6.45, 7) is 4.18. The van der Waals surface area contributed by atoms with E-state index in [0.717, 1.165) is 23.1 Å². The first-order chi connectivity index (χ1) is 15.8. The van der Waals surface area contributed by atoms with Crippen molar-refractivity contribution in [2.24, 2.45) is 0 Å². The Morgan fingerprint density at radius 2 is 1.19 bits per heavy atom. The number of ether oxygens (including phenoxy) is 4. The molecule has 4 rings (SSSR count). The van der Waals surface area contributed by atoms with E-state index in [1.165, 1.54) is 0 Å². The molecule has 0 spiro atoms. The van der Waals surface area contributed by atoms with Crippen LogP contribution in [0.25, 0.3) is 0 Å². The molecule has 32 heavy (non-hydrogen) atoms. The van der Waals surface area contributed by atoms with E-state index in [0.29, 0.717) is 26.4 Å². The molecule has 1 aliphatic rings. The van der Waals surface area contributed by atoms with Gasteiger partial charge in [0.15, 0.2) is 0 Å². The highest BCUT2D eigenvalue weighted by Gasteiger charge is 2.39. The average Bonchev–Trinajstić information content (AvgIpc) is 2.84. The Hall–Kier alpha value is -2.50. The topological polar surface area (TPSA) is 36.9 Å². The monoisotopic (exact) mass is 432 g/mol. The van der Waals surface area contributed by atoms with E-state index in [1.54, 1.807) is 0 Å². The highest BCUT2D eigenvalue weighted by atomic mass is 16.6. The first kappa shape index (κ1) is 22.7. The predicted molar refractivity (Wildman–Crippen MR) is 125 cm³/mol. The van der Waals surface area contributed by atoms with Gasteiger partial charge in [0.05, 0.1) is 38.6 Å². The van der Waals surface area contributed by atoms with Crippen molar-refractivity contribution in [2.75, 3.05) is 6.61 Å². The van der Waals surface area contributed by atoms with E-state index in [1.807, 2.05) is 54.6 Å². The van der Waals surface area contributed by atoms with E-state index in [4.69, 9.17) is 18.9 Å². The van der Waals surface area contributed by atoms with Crippen LogP contribution in [0.5, 0.6) is 0 Å². The van der Waals surface area contributed by atoms with Crippen LogP contribution in [0.15, 0.2) is 91.0 Å². The summed E-state index contributed by atoms with van der Waals surface area (Å²) in [4.78, 5) is 0. The average molecular weight is 433 g/mol. The number of hydrogen-bond donors (Lipinski definition) is 0. The molecule has 4 nitrogen and oxygen atoms in total. The van der Waals surface area contributed by atoms with Crippen LogP contribution in [0.1, 0.15) is 30.0 Å². The first-order valence-electron chi connectivity index (χ1n) is 11.4. The molecule has 0 aromatic heterocycles. The van der Waals surface area contributed by atoms with Crippen molar-refractivity contribution in [2.45, 2.75) is 57.6 Å². The molecule has 0 saturated carbocycles. The molecular weight excluding hydrogens is 400 g/mol. The molecule has 4 heteroatoms. The second-order valence-corrected chi connectivity index (χ2v) is 8.32. The Balaban J connectivity index is 1.42. The van der Waals surface area contributed by atoms with Crippen molar-refractivity contribution in [3.63, 3.8) is 0 Å². The van der Waals surface area contributed by atoms with Crippen LogP contribution < -0.4 is 0 Å². The van der Waals surface area contributed by atoms with Gasteiger partial charge in [-0.1, -0.05) is 91.0 Å². The fourth-order valence-electron chi connectivity index (χ4n) is 4.06. The smallest absolute Gasteiger partial charge is 0.113 e. The molecule has 0 radical (unpaired) electrons. The van der Waals surface area contributed by atoms with Gasteiger partial charge in [0.25, 0.3) is 0 Å².